The third kappa shape index (κ3) is 2.43. The maximum absolute atomic E-state index is 11.1. The number of nitrogens with zero attached hydrogens (tertiary/aromatic N) is 2. The van der Waals surface area contributed by atoms with Crippen molar-refractivity contribution >= 4 is 27.8 Å². The molecule has 0 bridgehead atoms. The number of carbonyl (C=O) groups is 1. The average Bonchev–Trinajstić information content (AvgIpc) is 2.77. The lowest BCUT2D eigenvalue weighted by Crippen LogP contribution is -2.19. The van der Waals surface area contributed by atoms with Gasteiger partial charge in [0, 0.05) is 23.1 Å². The molecule has 1 aromatic heterocycles. The molecule has 2 heterocycles. The van der Waals surface area contributed by atoms with Gasteiger partial charge in [0.25, 0.3) is 0 Å². The predicted molar refractivity (Wildman–Crippen MR) is 79.8 cm³/mol. The second-order valence-electron chi connectivity index (χ2n) is 4.74. The molecule has 0 spiro atoms. The van der Waals surface area contributed by atoms with Crippen molar-refractivity contribution in [2.45, 2.75) is 19.4 Å². The largest absolute Gasteiger partial charge is 0.481 e. The van der Waals surface area contributed by atoms with Gasteiger partial charge >= 0.3 is 5.97 Å². The van der Waals surface area contributed by atoms with E-state index in [9.17, 15) is 4.79 Å². The van der Waals surface area contributed by atoms with E-state index >= 15 is 0 Å². The molecule has 5 nitrogen and oxygen atoms in total. The fourth-order valence-corrected chi connectivity index (χ4v) is 2.89. The summed E-state index contributed by atoms with van der Waals surface area (Å²) in [6.45, 7) is 1.69. The van der Waals surface area contributed by atoms with Crippen molar-refractivity contribution in [3.05, 3.63) is 34.4 Å². The second kappa shape index (κ2) is 5.28. The topological polar surface area (TPSA) is 67.1 Å². The quantitative estimate of drug-likeness (QED) is 0.905. The van der Waals surface area contributed by atoms with Crippen LogP contribution < -0.4 is 5.32 Å². The van der Waals surface area contributed by atoms with Gasteiger partial charge in [-0.25, -0.2) is 4.98 Å². The molecule has 2 aromatic rings. The van der Waals surface area contributed by atoms with Crippen LogP contribution in [0.2, 0.25) is 0 Å². The van der Waals surface area contributed by atoms with Crippen LogP contribution in [0.3, 0.4) is 0 Å². The average molecular weight is 336 g/mol. The minimum absolute atomic E-state index is 0.0173. The molecule has 1 aliphatic heterocycles. The number of carboxylic acids is 1. The summed E-state index contributed by atoms with van der Waals surface area (Å²) in [5.74, 6) is -0.0722. The maximum atomic E-state index is 11.1. The first-order valence-corrected chi connectivity index (χ1v) is 7.25. The lowest BCUT2D eigenvalue weighted by atomic mass is 10.1. The van der Waals surface area contributed by atoms with E-state index in [0.29, 0.717) is 0 Å². The number of rotatable bonds is 3. The van der Waals surface area contributed by atoms with Crippen LogP contribution in [0.1, 0.15) is 12.1 Å². The minimum atomic E-state index is -0.838. The number of aliphatic carboxylic acids is 1. The third-order valence-corrected chi connectivity index (χ3v) is 3.82. The summed E-state index contributed by atoms with van der Waals surface area (Å²) >= 11 is 3.44. The van der Waals surface area contributed by atoms with Crippen molar-refractivity contribution in [2.24, 2.45) is 0 Å². The SMILES string of the molecule is O=C(O)Cc1c(-c2cccc(Br)c2)nc2n1CCCN2. The molecule has 2 N–H and O–H groups in total. The van der Waals surface area contributed by atoms with Crippen LogP contribution in [-0.4, -0.2) is 27.2 Å². The van der Waals surface area contributed by atoms with E-state index < -0.39 is 5.97 Å². The van der Waals surface area contributed by atoms with E-state index in [2.05, 4.69) is 26.2 Å². The number of hydrogen-bond donors (Lipinski definition) is 2. The van der Waals surface area contributed by atoms with Gasteiger partial charge in [-0.3, -0.25) is 4.79 Å². The Bertz CT molecular complexity index is 666. The Hall–Kier alpha value is -1.82. The number of hydrogen-bond acceptors (Lipinski definition) is 3. The van der Waals surface area contributed by atoms with Crippen molar-refractivity contribution in [3.8, 4) is 11.3 Å². The van der Waals surface area contributed by atoms with Gasteiger partial charge < -0.3 is 15.0 Å². The number of nitrogens with one attached hydrogen (secondary N) is 1. The predicted octanol–water partition coefficient (Wildman–Crippen LogP) is 2.76. The third-order valence-electron chi connectivity index (χ3n) is 3.33. The molecule has 1 aromatic carbocycles. The zero-order valence-corrected chi connectivity index (χ0v) is 12.4. The number of benzene rings is 1. The Morgan fingerprint density at radius 3 is 3.10 bits per heavy atom. The Morgan fingerprint density at radius 1 is 1.50 bits per heavy atom. The van der Waals surface area contributed by atoms with Gasteiger partial charge in [-0.1, -0.05) is 28.1 Å². The molecule has 0 atom stereocenters. The first kappa shape index (κ1) is 13.2. The van der Waals surface area contributed by atoms with Crippen molar-refractivity contribution in [1.82, 2.24) is 9.55 Å². The van der Waals surface area contributed by atoms with Crippen LogP contribution in [0.15, 0.2) is 28.7 Å². The number of carboxylic acid groups (broad SMARTS) is 1. The minimum Gasteiger partial charge on any atom is -0.481 e. The molecule has 0 saturated carbocycles. The molecular weight excluding hydrogens is 322 g/mol. The normalized spacial score (nSPS) is 13.7. The van der Waals surface area contributed by atoms with Gasteiger partial charge in [-0.15, -0.1) is 0 Å². The fourth-order valence-electron chi connectivity index (χ4n) is 2.49. The van der Waals surface area contributed by atoms with E-state index in [0.717, 1.165) is 46.9 Å². The first-order chi connectivity index (χ1) is 9.65. The summed E-state index contributed by atoms with van der Waals surface area (Å²) in [5.41, 5.74) is 2.44. The molecule has 6 heteroatoms. The molecule has 0 amide bonds. The molecule has 0 radical (unpaired) electrons. The zero-order valence-electron chi connectivity index (χ0n) is 10.8. The first-order valence-electron chi connectivity index (χ1n) is 6.46. The van der Waals surface area contributed by atoms with E-state index in [1.54, 1.807) is 0 Å². The second-order valence-corrected chi connectivity index (χ2v) is 5.66. The standard InChI is InChI=1S/C14H14BrN3O2/c15-10-4-1-3-9(7-10)13-11(8-12(19)20)18-6-2-5-16-14(18)17-13/h1,3-4,7H,2,5-6,8H2,(H,16,17)(H,19,20). The number of fused-ring (bicyclic) bond motifs is 1. The molecular formula is C14H14BrN3O2. The Labute approximate surface area is 124 Å². The maximum Gasteiger partial charge on any atom is 0.309 e. The van der Waals surface area contributed by atoms with Crippen LogP contribution in [0.4, 0.5) is 5.95 Å². The van der Waals surface area contributed by atoms with E-state index in [4.69, 9.17) is 5.11 Å². The number of aromatic nitrogens is 2. The van der Waals surface area contributed by atoms with Crippen molar-refractivity contribution < 1.29 is 9.90 Å². The monoisotopic (exact) mass is 335 g/mol. The summed E-state index contributed by atoms with van der Waals surface area (Å²) in [6, 6.07) is 7.77. The van der Waals surface area contributed by atoms with Crippen LogP contribution in [0.5, 0.6) is 0 Å². The molecule has 0 aliphatic carbocycles. The van der Waals surface area contributed by atoms with E-state index in [1.165, 1.54) is 0 Å². The zero-order chi connectivity index (χ0) is 14.1. The van der Waals surface area contributed by atoms with Crippen molar-refractivity contribution in [3.63, 3.8) is 0 Å². The highest BCUT2D eigenvalue weighted by Gasteiger charge is 2.22. The molecule has 0 unspecified atom stereocenters. The van der Waals surface area contributed by atoms with Gasteiger partial charge in [0.15, 0.2) is 0 Å². The van der Waals surface area contributed by atoms with E-state index in [-0.39, 0.29) is 6.42 Å². The van der Waals surface area contributed by atoms with Gasteiger partial charge in [-0.05, 0) is 18.6 Å². The molecule has 20 heavy (non-hydrogen) atoms. The fraction of sp³-hybridized carbons (Fsp3) is 0.286. The van der Waals surface area contributed by atoms with Crippen molar-refractivity contribution in [1.29, 1.82) is 0 Å². The van der Waals surface area contributed by atoms with E-state index in [1.807, 2.05) is 28.8 Å². The lowest BCUT2D eigenvalue weighted by Gasteiger charge is -2.17. The van der Waals surface area contributed by atoms with Crippen LogP contribution in [0.25, 0.3) is 11.3 Å². The summed E-state index contributed by atoms with van der Waals surface area (Å²) < 4.78 is 2.93. The highest BCUT2D eigenvalue weighted by atomic mass is 79.9. The van der Waals surface area contributed by atoms with Gasteiger partial charge in [-0.2, -0.15) is 0 Å². The summed E-state index contributed by atoms with van der Waals surface area (Å²) in [5, 5.41) is 12.4. The van der Waals surface area contributed by atoms with Crippen LogP contribution >= 0.6 is 15.9 Å². The Kier molecular flexibility index (Phi) is 3.48. The van der Waals surface area contributed by atoms with Crippen LogP contribution in [0, 0.1) is 0 Å². The van der Waals surface area contributed by atoms with Gasteiger partial charge in [0.05, 0.1) is 17.8 Å². The number of anilines is 1. The molecule has 0 saturated heterocycles. The molecule has 104 valence electrons. The lowest BCUT2D eigenvalue weighted by molar-refractivity contribution is -0.136. The Morgan fingerprint density at radius 2 is 2.35 bits per heavy atom. The van der Waals surface area contributed by atoms with Crippen molar-refractivity contribution in [2.75, 3.05) is 11.9 Å². The highest BCUT2D eigenvalue weighted by Crippen LogP contribution is 2.30. The molecule has 0 fully saturated rings. The van der Waals surface area contributed by atoms with Gasteiger partial charge in [0.2, 0.25) is 5.95 Å². The van der Waals surface area contributed by atoms with Gasteiger partial charge in [0.1, 0.15) is 0 Å². The smallest absolute Gasteiger partial charge is 0.309 e. The molecule has 3 rings (SSSR count). The summed E-state index contributed by atoms with van der Waals surface area (Å²) in [4.78, 5) is 15.7. The summed E-state index contributed by atoms with van der Waals surface area (Å²) in [6.07, 6.45) is 0.963. The number of imidazole rings is 1. The summed E-state index contributed by atoms with van der Waals surface area (Å²) in [7, 11) is 0. The Balaban J connectivity index is 2.14. The van der Waals surface area contributed by atoms with Crippen LogP contribution in [-0.2, 0) is 17.8 Å². The molecule has 1 aliphatic rings. The highest BCUT2D eigenvalue weighted by molar-refractivity contribution is 9.10. The number of halogens is 1.